The van der Waals surface area contributed by atoms with Gasteiger partial charge in [0.25, 0.3) is 0 Å². The van der Waals surface area contributed by atoms with Crippen LogP contribution >= 0.6 is 0 Å². The number of aliphatic hydroxyl groups excluding tert-OH is 1. The Balaban J connectivity index is 1.86. The molecule has 0 aromatic heterocycles. The first kappa shape index (κ1) is 18.5. The first-order chi connectivity index (χ1) is 11.2. The summed E-state index contributed by atoms with van der Waals surface area (Å²) in [6, 6.07) is 0. The van der Waals surface area contributed by atoms with Gasteiger partial charge in [-0.1, -0.05) is 0 Å². The topological polar surface area (TPSA) is 69.1 Å². The van der Waals surface area contributed by atoms with E-state index in [4.69, 9.17) is 9.73 Å². The quantitative estimate of drug-likeness (QED) is 0.474. The number of guanidine groups is 1. The monoisotopic (exact) mass is 326 g/mol. The minimum Gasteiger partial charge on any atom is -0.396 e. The van der Waals surface area contributed by atoms with Gasteiger partial charge in [0.05, 0.1) is 13.2 Å². The van der Waals surface area contributed by atoms with E-state index in [1.54, 1.807) is 0 Å². The Hall–Kier alpha value is -0.850. The van der Waals surface area contributed by atoms with Gasteiger partial charge >= 0.3 is 0 Å². The second-order valence-electron chi connectivity index (χ2n) is 7.12. The molecule has 6 heteroatoms. The zero-order valence-corrected chi connectivity index (χ0v) is 14.8. The van der Waals surface area contributed by atoms with Gasteiger partial charge in [-0.2, -0.15) is 0 Å². The highest BCUT2D eigenvalue weighted by Gasteiger charge is 2.34. The molecule has 0 aromatic carbocycles. The van der Waals surface area contributed by atoms with E-state index >= 15 is 0 Å². The molecule has 23 heavy (non-hydrogen) atoms. The number of nitrogens with one attached hydrogen (secondary N) is 2. The number of likely N-dealkylation sites (tertiary alicyclic amines) is 1. The van der Waals surface area contributed by atoms with Crippen LogP contribution in [0.5, 0.6) is 0 Å². The van der Waals surface area contributed by atoms with Crippen molar-refractivity contribution in [2.75, 3.05) is 59.6 Å². The highest BCUT2D eigenvalue weighted by molar-refractivity contribution is 5.79. The molecule has 0 saturated carbocycles. The second-order valence-corrected chi connectivity index (χ2v) is 7.12. The molecule has 0 amide bonds. The standard InChI is InChI=1S/C17H34N4O2/c1-3-18-16(19-11-15-5-4-8-21(2)12-15)20-13-17(6-9-22)7-10-23-14-17/h15,22H,3-14H2,1-2H3,(H2,18,19,20). The molecular formula is C17H34N4O2. The summed E-state index contributed by atoms with van der Waals surface area (Å²) in [6.45, 7) is 8.72. The van der Waals surface area contributed by atoms with Gasteiger partial charge in [-0.3, -0.25) is 4.99 Å². The molecule has 0 aromatic rings. The zero-order chi connectivity index (χ0) is 16.5. The Morgan fingerprint density at radius 3 is 2.96 bits per heavy atom. The summed E-state index contributed by atoms with van der Waals surface area (Å²) in [5.74, 6) is 1.59. The number of hydrogen-bond donors (Lipinski definition) is 3. The van der Waals surface area contributed by atoms with Crippen molar-refractivity contribution in [2.24, 2.45) is 16.3 Å². The number of nitrogens with zero attached hydrogens (tertiary/aromatic N) is 2. The van der Waals surface area contributed by atoms with Gasteiger partial charge in [0.1, 0.15) is 0 Å². The predicted molar refractivity (Wildman–Crippen MR) is 93.8 cm³/mol. The SMILES string of the molecule is CCNC(=NCC1(CCO)CCOC1)NCC1CCCN(C)C1. The van der Waals surface area contributed by atoms with Gasteiger partial charge in [0, 0.05) is 38.3 Å². The van der Waals surface area contributed by atoms with Crippen molar-refractivity contribution >= 4 is 5.96 Å². The summed E-state index contributed by atoms with van der Waals surface area (Å²) in [4.78, 5) is 7.19. The van der Waals surface area contributed by atoms with Gasteiger partial charge in [0.2, 0.25) is 0 Å². The maximum atomic E-state index is 9.32. The van der Waals surface area contributed by atoms with E-state index in [0.717, 1.165) is 45.0 Å². The lowest BCUT2D eigenvalue weighted by molar-refractivity contribution is 0.131. The van der Waals surface area contributed by atoms with Crippen molar-refractivity contribution in [3.05, 3.63) is 0 Å². The Morgan fingerprint density at radius 2 is 2.30 bits per heavy atom. The lowest BCUT2D eigenvalue weighted by Gasteiger charge is -2.30. The van der Waals surface area contributed by atoms with Crippen LogP contribution in [-0.2, 0) is 4.74 Å². The van der Waals surface area contributed by atoms with E-state index in [-0.39, 0.29) is 12.0 Å². The smallest absolute Gasteiger partial charge is 0.191 e. The Morgan fingerprint density at radius 1 is 1.43 bits per heavy atom. The van der Waals surface area contributed by atoms with Crippen LogP contribution in [0.15, 0.2) is 4.99 Å². The molecule has 2 heterocycles. The average molecular weight is 326 g/mol. The summed E-state index contributed by atoms with van der Waals surface area (Å²) >= 11 is 0. The lowest BCUT2D eigenvalue weighted by Crippen LogP contribution is -2.44. The molecule has 2 unspecified atom stereocenters. The molecule has 2 saturated heterocycles. The lowest BCUT2D eigenvalue weighted by atomic mass is 9.84. The van der Waals surface area contributed by atoms with Crippen LogP contribution in [0.25, 0.3) is 0 Å². The third-order valence-corrected chi connectivity index (χ3v) is 5.02. The summed E-state index contributed by atoms with van der Waals surface area (Å²) in [5, 5.41) is 16.2. The van der Waals surface area contributed by atoms with Crippen LogP contribution in [-0.4, -0.2) is 75.6 Å². The van der Waals surface area contributed by atoms with Crippen LogP contribution in [0.3, 0.4) is 0 Å². The van der Waals surface area contributed by atoms with Crippen molar-refractivity contribution in [1.82, 2.24) is 15.5 Å². The van der Waals surface area contributed by atoms with Crippen LogP contribution in [0.4, 0.5) is 0 Å². The van der Waals surface area contributed by atoms with Gasteiger partial charge < -0.3 is 25.4 Å². The van der Waals surface area contributed by atoms with Crippen molar-refractivity contribution in [2.45, 2.75) is 32.6 Å². The molecule has 2 aliphatic rings. The van der Waals surface area contributed by atoms with Crippen molar-refractivity contribution in [3.63, 3.8) is 0 Å². The number of aliphatic hydroxyl groups is 1. The maximum Gasteiger partial charge on any atom is 0.191 e. The maximum absolute atomic E-state index is 9.32. The predicted octanol–water partition coefficient (Wildman–Crippen LogP) is 0.672. The molecule has 3 N–H and O–H groups in total. The molecular weight excluding hydrogens is 292 g/mol. The first-order valence-corrected chi connectivity index (χ1v) is 9.07. The number of hydrogen-bond acceptors (Lipinski definition) is 4. The molecule has 0 aliphatic carbocycles. The third kappa shape index (κ3) is 5.94. The normalized spacial score (nSPS) is 29.7. The molecule has 2 fully saturated rings. The van der Waals surface area contributed by atoms with Crippen LogP contribution < -0.4 is 10.6 Å². The fourth-order valence-corrected chi connectivity index (χ4v) is 3.56. The Bertz CT molecular complexity index is 370. The minimum absolute atomic E-state index is 0.0160. The van der Waals surface area contributed by atoms with E-state index < -0.39 is 0 Å². The first-order valence-electron chi connectivity index (χ1n) is 9.07. The van der Waals surface area contributed by atoms with Crippen LogP contribution in [0.2, 0.25) is 0 Å². The fraction of sp³-hybridized carbons (Fsp3) is 0.941. The fourth-order valence-electron chi connectivity index (χ4n) is 3.56. The number of piperidine rings is 1. The molecule has 0 radical (unpaired) electrons. The number of ether oxygens (including phenoxy) is 1. The molecule has 2 atom stereocenters. The zero-order valence-electron chi connectivity index (χ0n) is 14.8. The highest BCUT2D eigenvalue weighted by Crippen LogP contribution is 2.32. The van der Waals surface area contributed by atoms with E-state index in [9.17, 15) is 5.11 Å². The van der Waals surface area contributed by atoms with Gasteiger partial charge in [-0.15, -0.1) is 0 Å². The average Bonchev–Trinajstić information content (AvgIpc) is 2.99. The summed E-state index contributed by atoms with van der Waals surface area (Å²) in [6.07, 6.45) is 4.33. The van der Waals surface area contributed by atoms with E-state index in [1.165, 1.54) is 19.4 Å². The summed E-state index contributed by atoms with van der Waals surface area (Å²) < 4.78 is 5.55. The molecule has 2 rings (SSSR count). The minimum atomic E-state index is 0.0160. The van der Waals surface area contributed by atoms with Gasteiger partial charge in [-0.05, 0) is 52.1 Å². The summed E-state index contributed by atoms with van der Waals surface area (Å²) in [5.41, 5.74) is 0.0160. The van der Waals surface area contributed by atoms with Gasteiger partial charge in [0.15, 0.2) is 5.96 Å². The number of rotatable bonds is 7. The molecule has 6 nitrogen and oxygen atoms in total. The molecule has 134 valence electrons. The Labute approximate surface area is 140 Å². The van der Waals surface area contributed by atoms with Crippen LogP contribution in [0.1, 0.15) is 32.6 Å². The van der Waals surface area contributed by atoms with E-state index in [2.05, 4.69) is 29.5 Å². The second kappa shape index (κ2) is 9.45. The highest BCUT2D eigenvalue weighted by atomic mass is 16.5. The Kier molecular flexibility index (Phi) is 7.59. The van der Waals surface area contributed by atoms with Crippen molar-refractivity contribution in [3.8, 4) is 0 Å². The molecule has 0 spiro atoms. The third-order valence-electron chi connectivity index (χ3n) is 5.02. The van der Waals surface area contributed by atoms with Crippen molar-refractivity contribution in [1.29, 1.82) is 0 Å². The largest absolute Gasteiger partial charge is 0.396 e. The number of aliphatic imine (C=N–C) groups is 1. The van der Waals surface area contributed by atoms with E-state index in [0.29, 0.717) is 19.1 Å². The van der Waals surface area contributed by atoms with E-state index in [1.807, 2.05) is 0 Å². The molecule has 0 bridgehead atoms. The van der Waals surface area contributed by atoms with Crippen molar-refractivity contribution < 1.29 is 9.84 Å². The summed E-state index contributed by atoms with van der Waals surface area (Å²) in [7, 11) is 2.20. The molecule has 2 aliphatic heterocycles. The van der Waals surface area contributed by atoms with Gasteiger partial charge in [-0.25, -0.2) is 0 Å². The van der Waals surface area contributed by atoms with Crippen LogP contribution in [0, 0.1) is 11.3 Å².